The van der Waals surface area contributed by atoms with Gasteiger partial charge in [0.2, 0.25) is 5.95 Å². The zero-order valence-corrected chi connectivity index (χ0v) is 18.9. The van der Waals surface area contributed by atoms with Crippen molar-refractivity contribution in [2.75, 3.05) is 10.2 Å². The van der Waals surface area contributed by atoms with Crippen LogP contribution >= 0.6 is 0 Å². The van der Waals surface area contributed by atoms with Crippen LogP contribution in [-0.4, -0.2) is 21.7 Å². The first-order valence-corrected chi connectivity index (χ1v) is 11.1. The van der Waals surface area contributed by atoms with Crippen LogP contribution in [0.25, 0.3) is 10.8 Å². The Bertz CT molecular complexity index is 1310. The maximum Gasteiger partial charge on any atom is 0.416 e. The molecule has 1 fully saturated rings. The topological polar surface area (TPSA) is 67.4 Å². The van der Waals surface area contributed by atoms with Crippen molar-refractivity contribution in [3.63, 3.8) is 0 Å². The molecule has 1 saturated heterocycles. The number of carbonyl (C=O) groups is 1. The number of amides is 1. The number of nitrogens with zero attached hydrogens (tertiary/aromatic N) is 3. The average molecular weight is 439 g/mol. The van der Waals surface area contributed by atoms with E-state index in [0.29, 0.717) is 11.8 Å². The molecule has 5 rings (SSSR count). The van der Waals surface area contributed by atoms with Crippen LogP contribution in [0, 0.1) is 0 Å². The molecule has 0 saturated carbocycles. The van der Waals surface area contributed by atoms with E-state index in [1.54, 1.807) is 17.2 Å². The number of carbonyl (C=O) groups excluding carboxylic acids is 1. The summed E-state index contributed by atoms with van der Waals surface area (Å²) in [5.41, 5.74) is 1.42. The molecule has 1 aliphatic heterocycles. The summed E-state index contributed by atoms with van der Waals surface area (Å²) in [4.78, 5) is 23.6. The first-order valence-electron chi connectivity index (χ1n) is 11.1. The molecular formula is C27H26N4O2. The van der Waals surface area contributed by atoms with E-state index in [9.17, 15) is 4.79 Å². The first-order chi connectivity index (χ1) is 15.9. The zero-order chi connectivity index (χ0) is 23.0. The Morgan fingerprint density at radius 1 is 0.970 bits per heavy atom. The number of nitrogens with one attached hydrogen (secondary N) is 1. The fraction of sp³-hybridized carbons (Fsp3) is 0.222. The SMILES string of the molecule is C[C@H](Nc1nccc(N2C(=O)OC(C)(C)C2c2ccccc2)n1)c1ccc2ccccc2c1. The molecule has 3 aromatic carbocycles. The molecule has 2 heterocycles. The smallest absolute Gasteiger partial charge is 0.416 e. The van der Waals surface area contributed by atoms with Crippen molar-refractivity contribution in [2.24, 2.45) is 0 Å². The van der Waals surface area contributed by atoms with E-state index in [4.69, 9.17) is 4.74 Å². The predicted octanol–water partition coefficient (Wildman–Crippen LogP) is 6.28. The summed E-state index contributed by atoms with van der Waals surface area (Å²) in [7, 11) is 0. The monoisotopic (exact) mass is 438 g/mol. The van der Waals surface area contributed by atoms with Crippen LogP contribution in [0.2, 0.25) is 0 Å². The Hall–Kier alpha value is -3.93. The first kappa shape index (κ1) is 20.9. The van der Waals surface area contributed by atoms with E-state index in [1.807, 2.05) is 56.3 Å². The number of aromatic nitrogens is 2. The van der Waals surface area contributed by atoms with Crippen LogP contribution in [0.3, 0.4) is 0 Å². The van der Waals surface area contributed by atoms with Crippen molar-refractivity contribution in [1.29, 1.82) is 0 Å². The van der Waals surface area contributed by atoms with Crippen LogP contribution in [-0.2, 0) is 4.74 Å². The molecule has 33 heavy (non-hydrogen) atoms. The third-order valence-corrected chi connectivity index (χ3v) is 6.09. The van der Waals surface area contributed by atoms with Crippen LogP contribution in [0.4, 0.5) is 16.6 Å². The van der Waals surface area contributed by atoms with Gasteiger partial charge in [-0.1, -0.05) is 66.7 Å². The van der Waals surface area contributed by atoms with Gasteiger partial charge < -0.3 is 10.1 Å². The molecule has 0 radical (unpaired) electrons. The highest BCUT2D eigenvalue weighted by Crippen LogP contribution is 2.43. The van der Waals surface area contributed by atoms with Crippen molar-refractivity contribution < 1.29 is 9.53 Å². The average Bonchev–Trinajstić information content (AvgIpc) is 3.07. The molecule has 1 unspecified atom stereocenters. The molecule has 0 aliphatic carbocycles. The van der Waals surface area contributed by atoms with Gasteiger partial charge in [0, 0.05) is 6.20 Å². The zero-order valence-electron chi connectivity index (χ0n) is 18.9. The van der Waals surface area contributed by atoms with E-state index in [-0.39, 0.29) is 12.1 Å². The second kappa shape index (κ2) is 8.20. The van der Waals surface area contributed by atoms with Crippen molar-refractivity contribution >= 4 is 28.6 Å². The summed E-state index contributed by atoms with van der Waals surface area (Å²) in [5.74, 6) is 0.958. The molecule has 6 nitrogen and oxygen atoms in total. The minimum Gasteiger partial charge on any atom is -0.440 e. The van der Waals surface area contributed by atoms with E-state index >= 15 is 0 Å². The van der Waals surface area contributed by atoms with Gasteiger partial charge in [0.25, 0.3) is 0 Å². The predicted molar refractivity (Wildman–Crippen MR) is 130 cm³/mol. The summed E-state index contributed by atoms with van der Waals surface area (Å²) >= 11 is 0. The van der Waals surface area contributed by atoms with E-state index in [1.165, 1.54) is 10.8 Å². The second-order valence-electron chi connectivity index (χ2n) is 8.87. The molecule has 0 bridgehead atoms. The molecule has 1 aliphatic rings. The third kappa shape index (κ3) is 4.00. The normalized spacial score (nSPS) is 18.2. The number of rotatable bonds is 5. The quantitative estimate of drug-likeness (QED) is 0.397. The van der Waals surface area contributed by atoms with E-state index in [2.05, 4.69) is 52.5 Å². The van der Waals surface area contributed by atoms with Gasteiger partial charge in [0.1, 0.15) is 17.5 Å². The summed E-state index contributed by atoms with van der Waals surface area (Å²) in [6.07, 6.45) is 1.25. The highest BCUT2D eigenvalue weighted by atomic mass is 16.6. The van der Waals surface area contributed by atoms with E-state index < -0.39 is 11.7 Å². The third-order valence-electron chi connectivity index (χ3n) is 6.09. The van der Waals surface area contributed by atoms with Crippen LogP contribution in [0.1, 0.15) is 44.0 Å². The van der Waals surface area contributed by atoms with E-state index in [0.717, 1.165) is 11.1 Å². The van der Waals surface area contributed by atoms with Gasteiger partial charge in [-0.25, -0.2) is 14.7 Å². The van der Waals surface area contributed by atoms with Gasteiger partial charge in [-0.15, -0.1) is 0 Å². The maximum atomic E-state index is 12.9. The van der Waals surface area contributed by atoms with Crippen LogP contribution < -0.4 is 10.2 Å². The highest BCUT2D eigenvalue weighted by molar-refractivity contribution is 5.90. The molecule has 1 aromatic heterocycles. The molecule has 166 valence electrons. The number of anilines is 2. The molecule has 4 aromatic rings. The number of ether oxygens (including phenoxy) is 1. The fourth-order valence-corrected chi connectivity index (χ4v) is 4.46. The van der Waals surface area contributed by atoms with Crippen molar-refractivity contribution in [2.45, 2.75) is 38.5 Å². The van der Waals surface area contributed by atoms with Gasteiger partial charge >= 0.3 is 6.09 Å². The molecule has 1 N–H and O–H groups in total. The van der Waals surface area contributed by atoms with Crippen molar-refractivity contribution in [1.82, 2.24) is 9.97 Å². The molecule has 2 atom stereocenters. The van der Waals surface area contributed by atoms with Crippen LogP contribution in [0.15, 0.2) is 85.1 Å². The Morgan fingerprint density at radius 2 is 1.70 bits per heavy atom. The minimum atomic E-state index is -0.699. The van der Waals surface area contributed by atoms with Gasteiger partial charge in [0.15, 0.2) is 0 Å². The van der Waals surface area contributed by atoms with Crippen LogP contribution in [0.5, 0.6) is 0 Å². The Labute approximate surface area is 193 Å². The Balaban J connectivity index is 1.44. The maximum absolute atomic E-state index is 12.9. The van der Waals surface area contributed by atoms with Gasteiger partial charge in [0.05, 0.1) is 6.04 Å². The summed E-state index contributed by atoms with van der Waals surface area (Å²) in [5, 5.41) is 5.76. The highest BCUT2D eigenvalue weighted by Gasteiger charge is 2.49. The number of benzene rings is 3. The van der Waals surface area contributed by atoms with Gasteiger partial charge in [-0.3, -0.25) is 0 Å². The Morgan fingerprint density at radius 3 is 2.48 bits per heavy atom. The molecular weight excluding hydrogens is 412 g/mol. The van der Waals surface area contributed by atoms with Crippen molar-refractivity contribution in [3.8, 4) is 0 Å². The number of hydrogen-bond acceptors (Lipinski definition) is 5. The fourth-order valence-electron chi connectivity index (χ4n) is 4.46. The standard InChI is InChI=1S/C27H26N4O2/c1-18(21-14-13-19-9-7-8-12-22(19)17-21)29-25-28-16-15-23(30-25)31-24(20-10-5-4-6-11-20)27(2,3)33-26(31)32/h4-18,24H,1-3H3,(H,28,29,30)/t18-,24?/m0/s1. The second-order valence-corrected chi connectivity index (χ2v) is 8.87. The number of cyclic esters (lactones) is 1. The lowest BCUT2D eigenvalue weighted by molar-refractivity contribution is 0.0685. The minimum absolute atomic E-state index is 0.0169. The summed E-state index contributed by atoms with van der Waals surface area (Å²) < 4.78 is 5.72. The Kier molecular flexibility index (Phi) is 5.21. The molecule has 6 heteroatoms. The van der Waals surface area contributed by atoms with Gasteiger partial charge in [-0.2, -0.15) is 4.98 Å². The summed E-state index contributed by atoms with van der Waals surface area (Å²) in [6.45, 7) is 5.91. The van der Waals surface area contributed by atoms with Gasteiger partial charge in [-0.05, 0) is 54.8 Å². The number of hydrogen-bond donors (Lipinski definition) is 1. The molecule has 0 spiro atoms. The lowest BCUT2D eigenvalue weighted by atomic mass is 9.91. The summed E-state index contributed by atoms with van der Waals surface area (Å²) in [6, 6.07) is 26.0. The lowest BCUT2D eigenvalue weighted by Gasteiger charge is -2.28. The number of fused-ring (bicyclic) bond motifs is 1. The molecule has 1 amide bonds. The largest absolute Gasteiger partial charge is 0.440 e. The van der Waals surface area contributed by atoms with Crippen molar-refractivity contribution in [3.05, 3.63) is 96.2 Å². The lowest BCUT2D eigenvalue weighted by Crippen LogP contribution is -2.34.